The van der Waals surface area contributed by atoms with Crippen LogP contribution in [-0.2, 0) is 11.2 Å². The van der Waals surface area contributed by atoms with Crippen molar-refractivity contribution in [1.82, 2.24) is 5.32 Å². The van der Waals surface area contributed by atoms with E-state index in [-0.39, 0.29) is 5.91 Å². The van der Waals surface area contributed by atoms with E-state index in [9.17, 15) is 4.79 Å². The van der Waals surface area contributed by atoms with Crippen LogP contribution in [0, 0.1) is 11.8 Å². The molecule has 0 aromatic heterocycles. The molecule has 0 saturated heterocycles. The Balaban J connectivity index is 1.74. The van der Waals surface area contributed by atoms with E-state index in [1.54, 1.807) is 0 Å². The van der Waals surface area contributed by atoms with Gasteiger partial charge < -0.3 is 11.1 Å². The first kappa shape index (κ1) is 15.0. The van der Waals surface area contributed by atoms with Crippen molar-refractivity contribution in [3.05, 3.63) is 35.4 Å². The van der Waals surface area contributed by atoms with Crippen LogP contribution in [0.5, 0.6) is 0 Å². The molecule has 1 aliphatic carbocycles. The van der Waals surface area contributed by atoms with Crippen molar-refractivity contribution in [1.29, 1.82) is 0 Å². The van der Waals surface area contributed by atoms with E-state index in [1.165, 1.54) is 11.1 Å². The molecule has 0 spiro atoms. The van der Waals surface area contributed by atoms with Gasteiger partial charge in [0.25, 0.3) is 0 Å². The van der Waals surface area contributed by atoms with Gasteiger partial charge in [-0.25, -0.2) is 0 Å². The third kappa shape index (κ3) is 3.83. The summed E-state index contributed by atoms with van der Waals surface area (Å²) < 4.78 is 0. The van der Waals surface area contributed by atoms with Crippen LogP contribution >= 0.6 is 0 Å². The van der Waals surface area contributed by atoms with Crippen LogP contribution in [-0.4, -0.2) is 19.0 Å². The summed E-state index contributed by atoms with van der Waals surface area (Å²) in [5.41, 5.74) is 8.56. The normalized spacial score (nSPS) is 18.3. The Hall–Kier alpha value is -1.35. The van der Waals surface area contributed by atoms with Crippen molar-refractivity contribution in [2.45, 2.75) is 39.0 Å². The predicted octanol–water partition coefficient (Wildman–Crippen LogP) is 2.45. The lowest BCUT2D eigenvalue weighted by atomic mass is 9.77. The Morgan fingerprint density at radius 2 is 2.15 bits per heavy atom. The lowest BCUT2D eigenvalue weighted by Crippen LogP contribution is -2.35. The molecule has 2 rings (SSSR count). The van der Waals surface area contributed by atoms with E-state index in [0.29, 0.717) is 30.7 Å². The number of amides is 1. The molecule has 0 aliphatic heterocycles. The highest BCUT2D eigenvalue weighted by atomic mass is 16.1. The topological polar surface area (TPSA) is 55.1 Å². The first-order chi connectivity index (χ1) is 9.60. The second kappa shape index (κ2) is 6.89. The summed E-state index contributed by atoms with van der Waals surface area (Å²) >= 11 is 0. The number of hydrogen-bond donors (Lipinski definition) is 2. The van der Waals surface area contributed by atoms with Gasteiger partial charge in [0.05, 0.1) is 0 Å². The highest BCUT2D eigenvalue weighted by Crippen LogP contribution is 2.34. The summed E-state index contributed by atoms with van der Waals surface area (Å²) in [5.74, 6) is 1.54. The molecule has 0 fully saturated rings. The fraction of sp³-hybridized carbons (Fsp3) is 0.588. The number of benzene rings is 1. The van der Waals surface area contributed by atoms with Gasteiger partial charge >= 0.3 is 0 Å². The maximum absolute atomic E-state index is 12.0. The zero-order valence-corrected chi connectivity index (χ0v) is 12.6. The summed E-state index contributed by atoms with van der Waals surface area (Å²) in [7, 11) is 0. The first-order valence-electron chi connectivity index (χ1n) is 7.64. The molecule has 1 aliphatic rings. The number of nitrogens with one attached hydrogen (secondary N) is 1. The van der Waals surface area contributed by atoms with Gasteiger partial charge in [-0.15, -0.1) is 0 Å². The van der Waals surface area contributed by atoms with Crippen LogP contribution in [0.4, 0.5) is 0 Å². The highest BCUT2D eigenvalue weighted by Gasteiger charge is 2.25. The number of carbonyl (C=O) groups is 1. The van der Waals surface area contributed by atoms with Gasteiger partial charge in [-0.3, -0.25) is 4.79 Å². The van der Waals surface area contributed by atoms with Crippen molar-refractivity contribution in [3.8, 4) is 0 Å². The standard InChI is InChI=1S/C17H26N2O/c1-12(2)7-13(10-18)8-17(20)19-11-15-9-14-5-3-4-6-16(14)15/h3-6,12-13,15H,7-11,18H2,1-2H3,(H,19,20)/t13-,15?/m0/s1. The molecule has 0 saturated carbocycles. The number of nitrogens with two attached hydrogens (primary N) is 1. The quantitative estimate of drug-likeness (QED) is 0.802. The van der Waals surface area contributed by atoms with Crippen molar-refractivity contribution in [2.75, 3.05) is 13.1 Å². The van der Waals surface area contributed by atoms with Crippen molar-refractivity contribution in [3.63, 3.8) is 0 Å². The fourth-order valence-electron chi connectivity index (χ4n) is 3.05. The number of hydrogen-bond acceptors (Lipinski definition) is 2. The summed E-state index contributed by atoms with van der Waals surface area (Å²) in [6, 6.07) is 8.48. The molecule has 1 amide bonds. The summed E-state index contributed by atoms with van der Waals surface area (Å²) in [6.07, 6.45) is 2.67. The van der Waals surface area contributed by atoms with Gasteiger partial charge in [0, 0.05) is 18.9 Å². The SMILES string of the molecule is CC(C)C[C@H](CN)CC(=O)NCC1Cc2ccccc21. The van der Waals surface area contributed by atoms with Gasteiger partial charge in [-0.2, -0.15) is 0 Å². The molecule has 2 atom stereocenters. The average Bonchev–Trinajstić information content (AvgIpc) is 2.38. The van der Waals surface area contributed by atoms with E-state index >= 15 is 0 Å². The second-order valence-corrected chi connectivity index (χ2v) is 6.34. The molecule has 3 nitrogen and oxygen atoms in total. The molecular formula is C17H26N2O. The Morgan fingerprint density at radius 3 is 2.80 bits per heavy atom. The zero-order chi connectivity index (χ0) is 14.5. The maximum Gasteiger partial charge on any atom is 0.220 e. The Bertz CT molecular complexity index is 456. The van der Waals surface area contributed by atoms with Crippen molar-refractivity contribution in [2.24, 2.45) is 17.6 Å². The lowest BCUT2D eigenvalue weighted by Gasteiger charge is -2.30. The number of rotatable bonds is 7. The second-order valence-electron chi connectivity index (χ2n) is 6.34. The van der Waals surface area contributed by atoms with Crippen LogP contribution in [0.15, 0.2) is 24.3 Å². The largest absolute Gasteiger partial charge is 0.355 e. The lowest BCUT2D eigenvalue weighted by molar-refractivity contribution is -0.122. The van der Waals surface area contributed by atoms with Crippen LogP contribution in [0.1, 0.15) is 43.7 Å². The minimum absolute atomic E-state index is 0.144. The number of carbonyl (C=O) groups excluding carboxylic acids is 1. The summed E-state index contributed by atoms with van der Waals surface area (Å²) in [4.78, 5) is 12.0. The Morgan fingerprint density at radius 1 is 1.40 bits per heavy atom. The van der Waals surface area contributed by atoms with E-state index in [2.05, 4.69) is 43.4 Å². The van der Waals surface area contributed by atoms with Crippen molar-refractivity contribution < 1.29 is 4.79 Å². The van der Waals surface area contributed by atoms with Crippen LogP contribution in [0.3, 0.4) is 0 Å². The molecule has 1 unspecified atom stereocenters. The molecule has 0 radical (unpaired) electrons. The van der Waals surface area contributed by atoms with Gasteiger partial charge in [0.1, 0.15) is 0 Å². The Kier molecular flexibility index (Phi) is 5.18. The van der Waals surface area contributed by atoms with E-state index in [1.807, 2.05) is 0 Å². The van der Waals surface area contributed by atoms with Gasteiger partial charge in [-0.1, -0.05) is 38.1 Å². The minimum atomic E-state index is 0.144. The molecule has 110 valence electrons. The van der Waals surface area contributed by atoms with E-state index < -0.39 is 0 Å². The number of fused-ring (bicyclic) bond motifs is 1. The highest BCUT2D eigenvalue weighted by molar-refractivity contribution is 5.76. The minimum Gasteiger partial charge on any atom is -0.355 e. The molecule has 3 N–H and O–H groups in total. The molecular weight excluding hydrogens is 248 g/mol. The van der Waals surface area contributed by atoms with Gasteiger partial charge in [-0.05, 0) is 42.3 Å². The molecule has 1 aromatic rings. The first-order valence-corrected chi connectivity index (χ1v) is 7.64. The van der Waals surface area contributed by atoms with Crippen LogP contribution < -0.4 is 11.1 Å². The maximum atomic E-state index is 12.0. The fourth-order valence-corrected chi connectivity index (χ4v) is 3.05. The van der Waals surface area contributed by atoms with Gasteiger partial charge in [0.15, 0.2) is 0 Å². The third-order valence-corrected chi connectivity index (χ3v) is 4.12. The molecule has 3 heteroatoms. The molecule has 1 aromatic carbocycles. The van der Waals surface area contributed by atoms with Crippen LogP contribution in [0.2, 0.25) is 0 Å². The summed E-state index contributed by atoms with van der Waals surface area (Å²) in [6.45, 7) is 5.70. The van der Waals surface area contributed by atoms with Gasteiger partial charge in [0.2, 0.25) is 5.91 Å². The Labute approximate surface area is 121 Å². The predicted molar refractivity (Wildman–Crippen MR) is 82.5 cm³/mol. The summed E-state index contributed by atoms with van der Waals surface area (Å²) in [5, 5.41) is 3.07. The monoisotopic (exact) mass is 274 g/mol. The zero-order valence-electron chi connectivity index (χ0n) is 12.6. The smallest absolute Gasteiger partial charge is 0.220 e. The van der Waals surface area contributed by atoms with Crippen molar-refractivity contribution >= 4 is 5.91 Å². The molecule has 20 heavy (non-hydrogen) atoms. The van der Waals surface area contributed by atoms with Crippen LogP contribution in [0.25, 0.3) is 0 Å². The molecule has 0 heterocycles. The average molecular weight is 274 g/mol. The molecule has 0 bridgehead atoms. The van der Waals surface area contributed by atoms with E-state index in [0.717, 1.165) is 19.4 Å². The van der Waals surface area contributed by atoms with E-state index in [4.69, 9.17) is 5.73 Å². The third-order valence-electron chi connectivity index (χ3n) is 4.12.